The number of anilines is 2. The molecule has 0 spiro atoms. The number of carbonyl (C=O) groups is 1. The van der Waals surface area contributed by atoms with Crippen LogP contribution in [0.1, 0.15) is 18.3 Å². The summed E-state index contributed by atoms with van der Waals surface area (Å²) in [6.07, 6.45) is 0. The first kappa shape index (κ1) is 18.5. The molecule has 2 aromatic rings. The second-order valence-corrected chi connectivity index (χ2v) is 5.55. The van der Waals surface area contributed by atoms with E-state index in [1.165, 1.54) is 0 Å². The lowest BCUT2D eigenvalue weighted by Crippen LogP contribution is -2.32. The van der Waals surface area contributed by atoms with E-state index in [9.17, 15) is 4.79 Å². The molecular formula is C18H25N5O2. The van der Waals surface area contributed by atoms with E-state index in [-0.39, 0.29) is 12.5 Å². The van der Waals surface area contributed by atoms with Crippen molar-refractivity contribution in [2.24, 2.45) is 0 Å². The summed E-state index contributed by atoms with van der Waals surface area (Å²) in [5.74, 6) is 2.78. The maximum atomic E-state index is 11.8. The van der Waals surface area contributed by atoms with Crippen LogP contribution in [0.5, 0.6) is 5.75 Å². The van der Waals surface area contributed by atoms with Gasteiger partial charge in [-0.15, -0.1) is 0 Å². The molecule has 0 aliphatic rings. The number of hydrogen-bond donors (Lipinski definition) is 3. The molecule has 1 aromatic carbocycles. The minimum Gasteiger partial charge on any atom is -0.484 e. The molecule has 0 fully saturated rings. The summed E-state index contributed by atoms with van der Waals surface area (Å²) in [5, 5.41) is 9.14. The predicted octanol–water partition coefficient (Wildman–Crippen LogP) is 2.13. The minimum atomic E-state index is -0.155. The molecule has 1 amide bonds. The second-order valence-electron chi connectivity index (χ2n) is 5.55. The van der Waals surface area contributed by atoms with Crippen LogP contribution in [-0.4, -0.2) is 42.1 Å². The van der Waals surface area contributed by atoms with Gasteiger partial charge in [0.2, 0.25) is 0 Å². The van der Waals surface area contributed by atoms with Crippen LogP contribution in [0.25, 0.3) is 0 Å². The molecule has 7 nitrogen and oxygen atoms in total. The van der Waals surface area contributed by atoms with Crippen molar-refractivity contribution in [3.8, 4) is 5.75 Å². The third kappa shape index (κ3) is 6.29. The van der Waals surface area contributed by atoms with E-state index in [2.05, 4.69) is 25.9 Å². The summed E-state index contributed by atoms with van der Waals surface area (Å²) in [6.45, 7) is 7.65. The lowest BCUT2D eigenvalue weighted by atomic mass is 10.2. The number of nitrogens with one attached hydrogen (secondary N) is 3. The Morgan fingerprint density at radius 2 is 1.80 bits per heavy atom. The Morgan fingerprint density at radius 1 is 1.08 bits per heavy atom. The Balaban J connectivity index is 1.70. The van der Waals surface area contributed by atoms with E-state index < -0.39 is 0 Å². The third-order valence-corrected chi connectivity index (χ3v) is 3.40. The number of amides is 1. The maximum absolute atomic E-state index is 11.8. The van der Waals surface area contributed by atoms with Crippen LogP contribution in [0, 0.1) is 13.8 Å². The largest absolute Gasteiger partial charge is 0.484 e. The monoisotopic (exact) mass is 343 g/mol. The molecular weight excluding hydrogens is 318 g/mol. The standard InChI is InChI=1S/C18H25N5O2/c1-4-19-16-11-17(23-14(3)22-16)20-9-10-21-18(24)12-25-15-8-6-5-7-13(15)2/h5-8,11H,4,9-10,12H2,1-3H3,(H,21,24)(H2,19,20,22,23). The van der Waals surface area contributed by atoms with E-state index in [1.807, 2.05) is 51.1 Å². The Labute approximate surface area is 148 Å². The van der Waals surface area contributed by atoms with E-state index in [0.29, 0.717) is 18.9 Å². The predicted molar refractivity (Wildman–Crippen MR) is 99.1 cm³/mol. The first-order valence-electron chi connectivity index (χ1n) is 8.37. The number of ether oxygens (including phenoxy) is 1. The van der Waals surface area contributed by atoms with Crippen LogP contribution < -0.4 is 20.7 Å². The van der Waals surface area contributed by atoms with E-state index in [1.54, 1.807) is 0 Å². The highest BCUT2D eigenvalue weighted by Crippen LogP contribution is 2.15. The average molecular weight is 343 g/mol. The van der Waals surface area contributed by atoms with Gasteiger partial charge in [0.05, 0.1) is 0 Å². The van der Waals surface area contributed by atoms with Crippen LogP contribution in [0.3, 0.4) is 0 Å². The fourth-order valence-corrected chi connectivity index (χ4v) is 2.24. The van der Waals surface area contributed by atoms with E-state index in [4.69, 9.17) is 4.74 Å². The molecule has 0 unspecified atom stereocenters. The van der Waals surface area contributed by atoms with Gasteiger partial charge in [0.15, 0.2) is 6.61 Å². The van der Waals surface area contributed by atoms with Crippen molar-refractivity contribution < 1.29 is 9.53 Å². The number of carbonyl (C=O) groups excluding carboxylic acids is 1. The zero-order chi connectivity index (χ0) is 18.1. The molecule has 0 aliphatic heterocycles. The highest BCUT2D eigenvalue weighted by atomic mass is 16.5. The van der Waals surface area contributed by atoms with Crippen molar-refractivity contribution >= 4 is 17.5 Å². The van der Waals surface area contributed by atoms with Crippen molar-refractivity contribution in [3.63, 3.8) is 0 Å². The van der Waals surface area contributed by atoms with Gasteiger partial charge >= 0.3 is 0 Å². The fourth-order valence-electron chi connectivity index (χ4n) is 2.24. The zero-order valence-electron chi connectivity index (χ0n) is 14.9. The molecule has 2 rings (SSSR count). The average Bonchev–Trinajstić information content (AvgIpc) is 2.58. The van der Waals surface area contributed by atoms with Gasteiger partial charge in [-0.2, -0.15) is 0 Å². The molecule has 25 heavy (non-hydrogen) atoms. The fraction of sp³-hybridized carbons (Fsp3) is 0.389. The number of hydrogen-bond acceptors (Lipinski definition) is 6. The molecule has 134 valence electrons. The van der Waals surface area contributed by atoms with Crippen LogP contribution in [0.15, 0.2) is 30.3 Å². The molecule has 0 saturated heterocycles. The van der Waals surface area contributed by atoms with Crippen LogP contribution >= 0.6 is 0 Å². The smallest absolute Gasteiger partial charge is 0.258 e. The SMILES string of the molecule is CCNc1cc(NCCNC(=O)COc2ccccc2C)nc(C)n1. The number of para-hydroxylation sites is 1. The first-order chi connectivity index (χ1) is 12.1. The molecule has 0 radical (unpaired) electrons. The molecule has 7 heteroatoms. The van der Waals surface area contributed by atoms with Gasteiger partial charge in [-0.3, -0.25) is 4.79 Å². The first-order valence-corrected chi connectivity index (χ1v) is 8.37. The minimum absolute atomic E-state index is 0.00202. The summed E-state index contributed by atoms with van der Waals surface area (Å²) in [4.78, 5) is 20.4. The van der Waals surface area contributed by atoms with Gasteiger partial charge in [-0.1, -0.05) is 18.2 Å². The highest BCUT2D eigenvalue weighted by Gasteiger charge is 2.04. The van der Waals surface area contributed by atoms with Crippen molar-refractivity contribution in [3.05, 3.63) is 41.7 Å². The Kier molecular flexibility index (Phi) is 7.00. The van der Waals surface area contributed by atoms with E-state index >= 15 is 0 Å². The number of aryl methyl sites for hydroxylation is 2. The quantitative estimate of drug-likeness (QED) is 0.605. The number of rotatable bonds is 9. The molecule has 1 heterocycles. The normalized spacial score (nSPS) is 10.2. The Morgan fingerprint density at radius 3 is 2.52 bits per heavy atom. The summed E-state index contributed by atoms with van der Waals surface area (Å²) in [5.41, 5.74) is 1.01. The van der Waals surface area contributed by atoms with Gasteiger partial charge in [-0.25, -0.2) is 9.97 Å². The number of benzene rings is 1. The molecule has 0 bridgehead atoms. The molecule has 3 N–H and O–H groups in total. The van der Waals surface area contributed by atoms with Gasteiger partial charge < -0.3 is 20.7 Å². The maximum Gasteiger partial charge on any atom is 0.258 e. The van der Waals surface area contributed by atoms with Crippen molar-refractivity contribution in [2.75, 3.05) is 36.9 Å². The number of nitrogens with zero attached hydrogens (tertiary/aromatic N) is 2. The third-order valence-electron chi connectivity index (χ3n) is 3.40. The molecule has 0 atom stereocenters. The molecule has 0 aliphatic carbocycles. The Hall–Kier alpha value is -2.83. The summed E-state index contributed by atoms with van der Waals surface area (Å²) in [7, 11) is 0. The summed E-state index contributed by atoms with van der Waals surface area (Å²) in [6, 6.07) is 9.46. The zero-order valence-corrected chi connectivity index (χ0v) is 14.9. The van der Waals surface area contributed by atoms with Crippen molar-refractivity contribution in [1.82, 2.24) is 15.3 Å². The topological polar surface area (TPSA) is 88.2 Å². The molecule has 0 saturated carbocycles. The van der Waals surface area contributed by atoms with Crippen molar-refractivity contribution in [1.29, 1.82) is 0 Å². The highest BCUT2D eigenvalue weighted by molar-refractivity contribution is 5.77. The van der Waals surface area contributed by atoms with Crippen LogP contribution in [0.2, 0.25) is 0 Å². The lowest BCUT2D eigenvalue weighted by Gasteiger charge is -2.11. The van der Waals surface area contributed by atoms with Crippen LogP contribution in [0.4, 0.5) is 11.6 Å². The van der Waals surface area contributed by atoms with Gasteiger partial charge in [0, 0.05) is 25.7 Å². The summed E-state index contributed by atoms with van der Waals surface area (Å²) < 4.78 is 5.51. The molecule has 1 aromatic heterocycles. The van der Waals surface area contributed by atoms with E-state index in [0.717, 1.165) is 29.5 Å². The van der Waals surface area contributed by atoms with Gasteiger partial charge in [0.1, 0.15) is 23.2 Å². The van der Waals surface area contributed by atoms with Crippen molar-refractivity contribution in [2.45, 2.75) is 20.8 Å². The Bertz CT molecular complexity index is 706. The number of aromatic nitrogens is 2. The lowest BCUT2D eigenvalue weighted by molar-refractivity contribution is -0.123. The second kappa shape index (κ2) is 9.46. The van der Waals surface area contributed by atoms with Gasteiger partial charge in [-0.05, 0) is 32.4 Å². The summed E-state index contributed by atoms with van der Waals surface area (Å²) >= 11 is 0. The van der Waals surface area contributed by atoms with Crippen LogP contribution in [-0.2, 0) is 4.79 Å². The van der Waals surface area contributed by atoms with Gasteiger partial charge in [0.25, 0.3) is 5.91 Å².